The van der Waals surface area contributed by atoms with Gasteiger partial charge in [0, 0.05) is 16.3 Å². The van der Waals surface area contributed by atoms with Gasteiger partial charge in [-0.2, -0.15) is 0 Å². The number of amides is 1. The van der Waals surface area contributed by atoms with Gasteiger partial charge in [0.2, 0.25) is 0 Å². The third-order valence-electron chi connectivity index (χ3n) is 3.81. The fourth-order valence-electron chi connectivity index (χ4n) is 2.37. The van der Waals surface area contributed by atoms with Gasteiger partial charge in [-0.1, -0.05) is 48.0 Å². The van der Waals surface area contributed by atoms with Crippen molar-refractivity contribution in [1.29, 1.82) is 0 Å². The van der Waals surface area contributed by atoms with E-state index in [0.717, 1.165) is 16.9 Å². The van der Waals surface area contributed by atoms with Crippen molar-refractivity contribution in [3.8, 4) is 5.75 Å². The highest BCUT2D eigenvalue weighted by Gasteiger charge is 2.08. The van der Waals surface area contributed by atoms with E-state index < -0.39 is 0 Å². The molecule has 1 amide bonds. The van der Waals surface area contributed by atoms with Gasteiger partial charge < -0.3 is 10.1 Å². The van der Waals surface area contributed by atoms with Gasteiger partial charge in [0.25, 0.3) is 5.91 Å². The van der Waals surface area contributed by atoms with Crippen LogP contribution in [0.25, 0.3) is 0 Å². The summed E-state index contributed by atoms with van der Waals surface area (Å²) in [5, 5.41) is 3.47. The summed E-state index contributed by atoms with van der Waals surface area (Å²) in [4.78, 5) is 12.4. The third kappa shape index (κ3) is 4.61. The Hall–Kier alpha value is -2.78. The molecule has 0 aliphatic rings. The van der Waals surface area contributed by atoms with Gasteiger partial charge in [-0.25, -0.2) is 0 Å². The van der Waals surface area contributed by atoms with Crippen molar-refractivity contribution in [3.05, 3.63) is 94.5 Å². The Labute approximate surface area is 152 Å². The first-order chi connectivity index (χ1) is 12.1. The molecule has 4 heteroatoms. The van der Waals surface area contributed by atoms with E-state index in [1.54, 1.807) is 36.4 Å². The smallest absolute Gasteiger partial charge is 0.255 e. The molecule has 3 aromatic carbocycles. The molecule has 0 aliphatic heterocycles. The zero-order valence-electron chi connectivity index (χ0n) is 13.8. The minimum Gasteiger partial charge on any atom is -0.489 e. The first-order valence-corrected chi connectivity index (χ1v) is 8.34. The molecular formula is C21H18ClNO2. The van der Waals surface area contributed by atoms with Crippen molar-refractivity contribution in [2.45, 2.75) is 13.5 Å². The molecule has 0 saturated heterocycles. The Bertz CT molecular complexity index is 861. The number of aryl methyl sites for hydroxylation is 1. The van der Waals surface area contributed by atoms with Crippen molar-refractivity contribution in [3.63, 3.8) is 0 Å². The maximum absolute atomic E-state index is 12.4. The van der Waals surface area contributed by atoms with E-state index in [-0.39, 0.29) is 5.91 Å². The van der Waals surface area contributed by atoms with Crippen LogP contribution in [0.4, 0.5) is 5.69 Å². The van der Waals surface area contributed by atoms with E-state index >= 15 is 0 Å². The van der Waals surface area contributed by atoms with E-state index in [1.807, 2.05) is 43.3 Å². The highest BCUT2D eigenvalue weighted by atomic mass is 35.5. The summed E-state index contributed by atoms with van der Waals surface area (Å²) < 4.78 is 5.73. The molecule has 3 rings (SSSR count). The van der Waals surface area contributed by atoms with Gasteiger partial charge in [-0.15, -0.1) is 0 Å². The van der Waals surface area contributed by atoms with Crippen LogP contribution in [-0.4, -0.2) is 5.91 Å². The highest BCUT2D eigenvalue weighted by Crippen LogP contribution is 2.21. The molecule has 0 atom stereocenters. The van der Waals surface area contributed by atoms with E-state index in [9.17, 15) is 4.79 Å². The van der Waals surface area contributed by atoms with Crippen molar-refractivity contribution in [1.82, 2.24) is 0 Å². The van der Waals surface area contributed by atoms with Gasteiger partial charge in [0.1, 0.15) is 12.4 Å². The second-order valence-corrected chi connectivity index (χ2v) is 6.15. The standard InChI is InChI=1S/C21H18ClNO2/c1-15-7-10-18(22)13-20(15)23-21(24)17-8-11-19(12-9-17)25-14-16-5-3-2-4-6-16/h2-13H,14H2,1H3,(H,23,24). The van der Waals surface area contributed by atoms with Crippen LogP contribution in [-0.2, 0) is 6.61 Å². The molecule has 0 saturated carbocycles. The quantitative estimate of drug-likeness (QED) is 0.661. The Morgan fingerprint density at radius 2 is 1.72 bits per heavy atom. The molecule has 0 spiro atoms. The SMILES string of the molecule is Cc1ccc(Cl)cc1NC(=O)c1ccc(OCc2ccccc2)cc1. The van der Waals surface area contributed by atoms with E-state index in [4.69, 9.17) is 16.3 Å². The van der Waals surface area contributed by atoms with E-state index in [0.29, 0.717) is 22.9 Å². The number of benzene rings is 3. The lowest BCUT2D eigenvalue weighted by atomic mass is 10.1. The number of nitrogens with one attached hydrogen (secondary N) is 1. The van der Waals surface area contributed by atoms with Gasteiger partial charge in [-0.05, 0) is 54.4 Å². The van der Waals surface area contributed by atoms with Crippen LogP contribution in [0.15, 0.2) is 72.8 Å². The Morgan fingerprint density at radius 3 is 2.44 bits per heavy atom. The largest absolute Gasteiger partial charge is 0.489 e. The van der Waals surface area contributed by atoms with Crippen molar-refractivity contribution in [2.75, 3.05) is 5.32 Å². The number of rotatable bonds is 5. The van der Waals surface area contributed by atoms with Crippen LogP contribution in [0.5, 0.6) is 5.75 Å². The molecule has 0 bridgehead atoms. The van der Waals surface area contributed by atoms with Gasteiger partial charge in [0.15, 0.2) is 0 Å². The normalized spacial score (nSPS) is 10.3. The summed E-state index contributed by atoms with van der Waals surface area (Å²) in [5.74, 6) is 0.541. The number of carbonyl (C=O) groups excluding carboxylic acids is 1. The second kappa shape index (κ2) is 7.86. The lowest BCUT2D eigenvalue weighted by Crippen LogP contribution is -2.12. The Morgan fingerprint density at radius 1 is 1.00 bits per heavy atom. The average molecular weight is 352 g/mol. The summed E-state index contributed by atoms with van der Waals surface area (Å²) in [6.07, 6.45) is 0. The molecule has 0 fully saturated rings. The fourth-order valence-corrected chi connectivity index (χ4v) is 2.54. The minimum absolute atomic E-state index is 0.181. The molecule has 0 unspecified atom stereocenters. The predicted molar refractivity (Wildman–Crippen MR) is 101 cm³/mol. The van der Waals surface area contributed by atoms with Crippen LogP contribution >= 0.6 is 11.6 Å². The van der Waals surface area contributed by atoms with Crippen LogP contribution < -0.4 is 10.1 Å². The van der Waals surface area contributed by atoms with Gasteiger partial charge in [-0.3, -0.25) is 4.79 Å². The summed E-state index contributed by atoms with van der Waals surface area (Å²) in [5.41, 5.74) is 3.33. The molecular weight excluding hydrogens is 334 g/mol. The highest BCUT2D eigenvalue weighted by molar-refractivity contribution is 6.31. The van der Waals surface area contributed by atoms with Crippen LogP contribution in [0.3, 0.4) is 0 Å². The Kier molecular flexibility index (Phi) is 5.36. The molecule has 1 N–H and O–H groups in total. The number of carbonyl (C=O) groups is 1. The molecule has 25 heavy (non-hydrogen) atoms. The van der Waals surface area contributed by atoms with E-state index in [1.165, 1.54) is 0 Å². The molecule has 0 heterocycles. The summed E-state index contributed by atoms with van der Waals surface area (Å²) in [6, 6.07) is 22.4. The maximum atomic E-state index is 12.4. The topological polar surface area (TPSA) is 38.3 Å². The average Bonchev–Trinajstić information content (AvgIpc) is 2.64. The van der Waals surface area contributed by atoms with Crippen LogP contribution in [0, 0.1) is 6.92 Å². The monoisotopic (exact) mass is 351 g/mol. The maximum Gasteiger partial charge on any atom is 0.255 e. The molecule has 3 aromatic rings. The number of hydrogen-bond donors (Lipinski definition) is 1. The second-order valence-electron chi connectivity index (χ2n) is 5.71. The van der Waals surface area contributed by atoms with Crippen molar-refractivity contribution in [2.24, 2.45) is 0 Å². The zero-order valence-corrected chi connectivity index (χ0v) is 14.6. The summed E-state index contributed by atoms with van der Waals surface area (Å²) in [6.45, 7) is 2.42. The van der Waals surface area contributed by atoms with Gasteiger partial charge >= 0.3 is 0 Å². The molecule has 0 aliphatic carbocycles. The number of ether oxygens (including phenoxy) is 1. The molecule has 0 aromatic heterocycles. The van der Waals surface area contributed by atoms with Crippen LogP contribution in [0.2, 0.25) is 5.02 Å². The van der Waals surface area contributed by atoms with Crippen LogP contribution in [0.1, 0.15) is 21.5 Å². The first-order valence-electron chi connectivity index (χ1n) is 7.96. The third-order valence-corrected chi connectivity index (χ3v) is 4.05. The predicted octanol–water partition coefficient (Wildman–Crippen LogP) is 5.48. The Balaban J connectivity index is 1.63. The summed E-state index contributed by atoms with van der Waals surface area (Å²) >= 11 is 5.98. The molecule has 0 radical (unpaired) electrons. The van der Waals surface area contributed by atoms with E-state index in [2.05, 4.69) is 5.32 Å². The number of anilines is 1. The zero-order chi connectivity index (χ0) is 17.6. The minimum atomic E-state index is -0.181. The summed E-state index contributed by atoms with van der Waals surface area (Å²) in [7, 11) is 0. The van der Waals surface area contributed by atoms with Crippen molar-refractivity contribution >= 4 is 23.2 Å². The fraction of sp³-hybridized carbons (Fsp3) is 0.0952. The molecule has 3 nitrogen and oxygen atoms in total. The van der Waals surface area contributed by atoms with Crippen molar-refractivity contribution < 1.29 is 9.53 Å². The lowest BCUT2D eigenvalue weighted by molar-refractivity contribution is 0.102. The number of hydrogen-bond acceptors (Lipinski definition) is 2. The molecule has 126 valence electrons. The van der Waals surface area contributed by atoms with Gasteiger partial charge in [0.05, 0.1) is 0 Å². The number of halogens is 1. The first kappa shape index (κ1) is 17.1. The lowest BCUT2D eigenvalue weighted by Gasteiger charge is -2.10.